The predicted octanol–water partition coefficient (Wildman–Crippen LogP) is 11.7. The highest BCUT2D eigenvalue weighted by Crippen LogP contribution is 2.18. The second kappa shape index (κ2) is 37.1. The number of nitrogens with one attached hydrogen (secondary N) is 1. The van der Waals surface area contributed by atoms with Crippen LogP contribution in [0, 0.1) is 0 Å². The summed E-state index contributed by atoms with van der Waals surface area (Å²) in [7, 11) is 0. The lowest BCUT2D eigenvalue weighted by molar-refractivity contribution is -0.151. The molecule has 3 atom stereocenters. The first-order valence-electron chi connectivity index (χ1n) is 21.3. The monoisotopic (exact) mass is 682 g/mol. The number of aliphatic hydroxyl groups is 2. The van der Waals surface area contributed by atoms with Crippen LogP contribution < -0.4 is 5.32 Å². The largest absolute Gasteiger partial charge is 0.462 e. The first-order valence-corrected chi connectivity index (χ1v) is 21.3. The quantitative estimate of drug-likeness (QED) is 0.0445. The van der Waals surface area contributed by atoms with Gasteiger partial charge in [0.05, 0.1) is 25.2 Å². The number of rotatable bonds is 38. The Morgan fingerprint density at radius 1 is 0.521 bits per heavy atom. The first kappa shape index (κ1) is 46.9. The third kappa shape index (κ3) is 32.1. The lowest BCUT2D eigenvalue weighted by Gasteiger charge is -2.24. The summed E-state index contributed by atoms with van der Waals surface area (Å²) in [4.78, 5) is 25.8. The van der Waals surface area contributed by atoms with Gasteiger partial charge in [0.25, 0.3) is 0 Å². The summed E-state index contributed by atoms with van der Waals surface area (Å²) in [5, 5.41) is 23.5. The molecule has 1 amide bonds. The van der Waals surface area contributed by atoms with Crippen molar-refractivity contribution in [2.75, 3.05) is 6.61 Å². The summed E-state index contributed by atoms with van der Waals surface area (Å²) in [5.41, 5.74) is 0. The van der Waals surface area contributed by atoms with Crippen molar-refractivity contribution in [3.8, 4) is 0 Å². The molecule has 0 fully saturated rings. The molecule has 0 rings (SSSR count). The lowest BCUT2D eigenvalue weighted by atomic mass is 10.0. The van der Waals surface area contributed by atoms with Crippen molar-refractivity contribution in [3.63, 3.8) is 0 Å². The maximum Gasteiger partial charge on any atom is 0.306 e. The van der Waals surface area contributed by atoms with Gasteiger partial charge in [-0.2, -0.15) is 0 Å². The van der Waals surface area contributed by atoms with Crippen molar-refractivity contribution in [2.24, 2.45) is 0 Å². The molecule has 0 aliphatic carbocycles. The predicted molar refractivity (Wildman–Crippen MR) is 204 cm³/mol. The van der Waals surface area contributed by atoms with Crippen LogP contribution in [-0.4, -0.2) is 46.9 Å². The van der Waals surface area contributed by atoms with Crippen LogP contribution in [0.3, 0.4) is 0 Å². The van der Waals surface area contributed by atoms with Gasteiger partial charge in [-0.25, -0.2) is 0 Å². The summed E-state index contributed by atoms with van der Waals surface area (Å²) in [6, 6.07) is -0.688. The normalized spacial score (nSPS) is 13.4. The Hall–Kier alpha value is -1.14. The minimum atomic E-state index is -0.775. The average Bonchev–Trinajstić information content (AvgIpc) is 3.07. The van der Waals surface area contributed by atoms with Gasteiger partial charge in [-0.15, -0.1) is 0 Å². The molecule has 6 nitrogen and oxygen atoms in total. The van der Waals surface area contributed by atoms with Gasteiger partial charge in [-0.3, -0.25) is 9.59 Å². The molecule has 3 N–H and O–H groups in total. The van der Waals surface area contributed by atoms with Crippen molar-refractivity contribution < 1.29 is 24.5 Å². The van der Waals surface area contributed by atoms with Crippen molar-refractivity contribution in [1.82, 2.24) is 5.32 Å². The number of esters is 1. The number of ether oxygens (including phenoxy) is 1. The van der Waals surface area contributed by atoms with E-state index in [4.69, 9.17) is 4.74 Å². The molecule has 0 aliphatic heterocycles. The van der Waals surface area contributed by atoms with E-state index < -0.39 is 18.2 Å². The third-order valence-electron chi connectivity index (χ3n) is 9.94. The molecule has 0 saturated heterocycles. The van der Waals surface area contributed by atoms with E-state index in [0.717, 1.165) is 44.9 Å². The highest BCUT2D eigenvalue weighted by atomic mass is 16.5. The zero-order chi connectivity index (χ0) is 35.3. The van der Waals surface area contributed by atoms with Crippen LogP contribution in [0.1, 0.15) is 233 Å². The highest BCUT2D eigenvalue weighted by Gasteiger charge is 2.24. The van der Waals surface area contributed by atoms with E-state index in [9.17, 15) is 19.8 Å². The molecule has 3 unspecified atom stereocenters. The number of hydrogen-bond acceptors (Lipinski definition) is 5. The van der Waals surface area contributed by atoms with Gasteiger partial charge in [0.15, 0.2) is 0 Å². The molecule has 0 aliphatic rings. The minimum Gasteiger partial charge on any atom is -0.462 e. The highest BCUT2D eigenvalue weighted by molar-refractivity contribution is 5.77. The smallest absolute Gasteiger partial charge is 0.306 e. The Balaban J connectivity index is 4.56. The number of aliphatic hydroxyl groups excluding tert-OH is 2. The van der Waals surface area contributed by atoms with Crippen molar-refractivity contribution in [1.29, 1.82) is 0 Å². The number of unbranched alkanes of at least 4 members (excludes halogenated alkanes) is 26. The Kier molecular flexibility index (Phi) is 36.2. The average molecular weight is 682 g/mol. The Bertz CT molecular complexity index is 687. The fourth-order valence-corrected chi connectivity index (χ4v) is 6.67. The van der Waals surface area contributed by atoms with E-state index in [1.54, 1.807) is 0 Å². The topological polar surface area (TPSA) is 95.9 Å². The van der Waals surface area contributed by atoms with Gasteiger partial charge in [-0.1, -0.05) is 194 Å². The van der Waals surface area contributed by atoms with E-state index in [2.05, 4.69) is 26.1 Å². The van der Waals surface area contributed by atoms with Crippen molar-refractivity contribution in [3.05, 3.63) is 0 Å². The summed E-state index contributed by atoms with van der Waals surface area (Å²) in [5.74, 6) is -0.465. The van der Waals surface area contributed by atoms with Gasteiger partial charge >= 0.3 is 5.97 Å². The molecule has 0 aromatic heterocycles. The third-order valence-corrected chi connectivity index (χ3v) is 9.94. The number of carbonyl (C=O) groups is 2. The summed E-state index contributed by atoms with van der Waals surface area (Å²) >= 11 is 0. The van der Waals surface area contributed by atoms with Crippen LogP contribution in [0.25, 0.3) is 0 Å². The first-order chi connectivity index (χ1) is 23.5. The molecule has 0 spiro atoms. The van der Waals surface area contributed by atoms with E-state index in [1.165, 1.54) is 141 Å². The molecular weight excluding hydrogens is 598 g/mol. The number of amides is 1. The van der Waals surface area contributed by atoms with Crippen LogP contribution in [0.2, 0.25) is 0 Å². The Morgan fingerprint density at radius 3 is 1.27 bits per heavy atom. The Labute approximate surface area is 298 Å². The second-order valence-electron chi connectivity index (χ2n) is 14.8. The molecule has 0 saturated carbocycles. The van der Waals surface area contributed by atoms with E-state index in [-0.39, 0.29) is 24.9 Å². The fourth-order valence-electron chi connectivity index (χ4n) is 6.67. The molecule has 48 heavy (non-hydrogen) atoms. The van der Waals surface area contributed by atoms with Gasteiger partial charge in [-0.05, 0) is 25.7 Å². The van der Waals surface area contributed by atoms with Crippen molar-refractivity contribution in [2.45, 2.75) is 251 Å². The summed E-state index contributed by atoms with van der Waals surface area (Å²) in [6.07, 6.45) is 35.9. The SMILES string of the molecule is CCCCCCCCCCCCC(=O)OC(CCCCCCCCCCCC)CC(=O)NC(CO)C(O)CCCCCCCCCCC. The zero-order valence-electron chi connectivity index (χ0n) is 32.4. The maximum absolute atomic E-state index is 13.0. The number of hydrogen-bond donors (Lipinski definition) is 3. The van der Waals surface area contributed by atoms with Gasteiger partial charge in [0.1, 0.15) is 6.10 Å². The van der Waals surface area contributed by atoms with Gasteiger partial charge in [0, 0.05) is 6.42 Å². The van der Waals surface area contributed by atoms with Crippen molar-refractivity contribution >= 4 is 11.9 Å². The molecule has 286 valence electrons. The van der Waals surface area contributed by atoms with E-state index in [1.807, 2.05) is 0 Å². The van der Waals surface area contributed by atoms with Crippen LogP contribution in [0.5, 0.6) is 0 Å². The van der Waals surface area contributed by atoms with E-state index in [0.29, 0.717) is 19.3 Å². The molecule has 0 aromatic rings. The fraction of sp³-hybridized carbons (Fsp3) is 0.952. The van der Waals surface area contributed by atoms with Gasteiger partial charge in [0.2, 0.25) is 5.91 Å². The number of carbonyl (C=O) groups excluding carboxylic acids is 2. The van der Waals surface area contributed by atoms with Crippen LogP contribution >= 0.6 is 0 Å². The Morgan fingerprint density at radius 2 is 0.875 bits per heavy atom. The summed E-state index contributed by atoms with van der Waals surface area (Å²) in [6.45, 7) is 6.44. The van der Waals surface area contributed by atoms with Crippen LogP contribution in [-0.2, 0) is 14.3 Å². The van der Waals surface area contributed by atoms with Gasteiger partial charge < -0.3 is 20.3 Å². The second-order valence-corrected chi connectivity index (χ2v) is 14.8. The molecular formula is C42H83NO5. The lowest BCUT2D eigenvalue weighted by Crippen LogP contribution is -2.46. The summed E-state index contributed by atoms with van der Waals surface area (Å²) < 4.78 is 5.87. The maximum atomic E-state index is 13.0. The molecule has 0 heterocycles. The standard InChI is InChI=1S/C42H83NO5/c1-4-7-10-13-16-19-22-24-27-30-33-38(48-42(47)35-32-29-26-23-20-17-14-11-8-5-2)36-41(46)43-39(37-44)40(45)34-31-28-25-21-18-15-12-9-6-3/h38-40,44-45H,4-37H2,1-3H3,(H,43,46). The zero-order valence-corrected chi connectivity index (χ0v) is 32.4. The molecule has 6 heteroatoms. The van der Waals surface area contributed by atoms with Crippen LogP contribution in [0.4, 0.5) is 0 Å². The van der Waals surface area contributed by atoms with E-state index >= 15 is 0 Å². The van der Waals surface area contributed by atoms with Crippen LogP contribution in [0.15, 0.2) is 0 Å². The minimum absolute atomic E-state index is 0.0858. The molecule has 0 aromatic carbocycles. The molecule has 0 radical (unpaired) electrons. The molecule has 0 bridgehead atoms.